The number of hydrogen-bond donors (Lipinski definition) is 0. The highest BCUT2D eigenvalue weighted by atomic mass is 16.6. The molecular formula is C19H20N4O4. The number of nitrogens with zero attached hydrogens (tertiary/aromatic N) is 4. The topological polar surface area (TPSA) is 97.4 Å². The van der Waals surface area contributed by atoms with Crippen LogP contribution in [-0.4, -0.2) is 31.1 Å². The Kier molecular flexibility index (Phi) is 6.76. The van der Waals surface area contributed by atoms with Gasteiger partial charge in [-0.3, -0.25) is 10.1 Å². The van der Waals surface area contributed by atoms with Crippen molar-refractivity contribution in [2.45, 2.75) is 6.92 Å². The van der Waals surface area contributed by atoms with Gasteiger partial charge in [-0.15, -0.1) is 0 Å². The number of non-ortho nitro benzene ring substituents is 1. The summed E-state index contributed by atoms with van der Waals surface area (Å²) in [4.78, 5) is 23.5. The average molecular weight is 368 g/mol. The van der Waals surface area contributed by atoms with Crippen molar-refractivity contribution in [3.63, 3.8) is 0 Å². The average Bonchev–Trinajstić information content (AvgIpc) is 2.66. The van der Waals surface area contributed by atoms with Crippen LogP contribution in [0.4, 0.5) is 22.7 Å². The van der Waals surface area contributed by atoms with Crippen molar-refractivity contribution in [2.24, 2.45) is 10.2 Å². The highest BCUT2D eigenvalue weighted by Gasteiger charge is 2.06. The number of anilines is 1. The van der Waals surface area contributed by atoms with E-state index in [4.69, 9.17) is 4.74 Å². The van der Waals surface area contributed by atoms with E-state index in [2.05, 4.69) is 16.8 Å². The van der Waals surface area contributed by atoms with Gasteiger partial charge >= 0.3 is 5.97 Å². The number of likely N-dealkylation sites (N-methyl/N-ethyl adjacent to an activating group) is 1. The van der Waals surface area contributed by atoms with Gasteiger partial charge in [-0.25, -0.2) is 4.79 Å². The minimum absolute atomic E-state index is 0.00951. The summed E-state index contributed by atoms with van der Waals surface area (Å²) in [5.41, 5.74) is 2.51. The van der Waals surface area contributed by atoms with Gasteiger partial charge in [-0.1, -0.05) is 6.58 Å². The molecule has 140 valence electrons. The molecule has 0 bridgehead atoms. The minimum atomic E-state index is -0.463. The molecule has 0 radical (unpaired) electrons. The molecule has 0 spiro atoms. The third kappa shape index (κ3) is 6.03. The molecule has 0 amide bonds. The Morgan fingerprint density at radius 1 is 1.11 bits per heavy atom. The number of nitro benzene ring substituents is 1. The zero-order valence-electron chi connectivity index (χ0n) is 15.2. The van der Waals surface area contributed by atoms with E-state index < -0.39 is 10.9 Å². The van der Waals surface area contributed by atoms with E-state index in [-0.39, 0.29) is 12.3 Å². The van der Waals surface area contributed by atoms with Crippen LogP contribution in [0.1, 0.15) is 6.92 Å². The van der Waals surface area contributed by atoms with Gasteiger partial charge in [0, 0.05) is 30.4 Å². The van der Waals surface area contributed by atoms with Gasteiger partial charge in [-0.2, -0.15) is 10.2 Å². The first-order valence-corrected chi connectivity index (χ1v) is 8.17. The first kappa shape index (κ1) is 19.8. The van der Waals surface area contributed by atoms with Crippen LogP contribution in [0, 0.1) is 10.1 Å². The standard InChI is InChI=1S/C19H20N4O4/c1-14(2)19(24)27-13-12-22(3)17-8-4-15(5-9-17)20-21-16-6-10-18(11-7-16)23(25)26/h4-11H,1,12-13H2,2-3H3. The van der Waals surface area contributed by atoms with Crippen molar-refractivity contribution in [1.82, 2.24) is 0 Å². The van der Waals surface area contributed by atoms with E-state index in [1.54, 1.807) is 19.1 Å². The quantitative estimate of drug-likeness (QED) is 0.224. The summed E-state index contributed by atoms with van der Waals surface area (Å²) < 4.78 is 5.07. The number of azo groups is 1. The molecule has 2 aromatic rings. The molecule has 27 heavy (non-hydrogen) atoms. The highest BCUT2D eigenvalue weighted by molar-refractivity contribution is 5.86. The number of rotatable bonds is 8. The van der Waals surface area contributed by atoms with Crippen LogP contribution < -0.4 is 4.90 Å². The predicted octanol–water partition coefficient (Wildman–Crippen LogP) is 4.57. The lowest BCUT2D eigenvalue weighted by Gasteiger charge is -2.19. The van der Waals surface area contributed by atoms with E-state index in [0.29, 0.717) is 23.5 Å². The fourth-order valence-corrected chi connectivity index (χ4v) is 2.06. The zero-order valence-corrected chi connectivity index (χ0v) is 15.2. The molecule has 0 saturated heterocycles. The summed E-state index contributed by atoms with van der Waals surface area (Å²) in [6.45, 7) is 5.95. The van der Waals surface area contributed by atoms with Crippen LogP contribution in [0.3, 0.4) is 0 Å². The van der Waals surface area contributed by atoms with Gasteiger partial charge < -0.3 is 9.64 Å². The third-order valence-electron chi connectivity index (χ3n) is 3.64. The highest BCUT2D eigenvalue weighted by Crippen LogP contribution is 2.23. The summed E-state index contributed by atoms with van der Waals surface area (Å²) in [5, 5.41) is 18.8. The summed E-state index contributed by atoms with van der Waals surface area (Å²) in [6.07, 6.45) is 0. The lowest BCUT2D eigenvalue weighted by Crippen LogP contribution is -2.23. The number of benzene rings is 2. The first-order valence-electron chi connectivity index (χ1n) is 8.17. The fourth-order valence-electron chi connectivity index (χ4n) is 2.06. The summed E-state index contributed by atoms with van der Waals surface area (Å²) in [5.74, 6) is -0.398. The predicted molar refractivity (Wildman–Crippen MR) is 103 cm³/mol. The second-order valence-electron chi connectivity index (χ2n) is 5.83. The van der Waals surface area contributed by atoms with Crippen LogP contribution >= 0.6 is 0 Å². The Bertz CT molecular complexity index is 845. The van der Waals surface area contributed by atoms with E-state index >= 15 is 0 Å². The molecule has 0 heterocycles. The lowest BCUT2D eigenvalue weighted by molar-refractivity contribution is -0.384. The van der Waals surface area contributed by atoms with Crippen LogP contribution in [0.2, 0.25) is 0 Å². The molecule has 0 unspecified atom stereocenters. The molecule has 2 rings (SSSR count). The molecule has 8 nitrogen and oxygen atoms in total. The zero-order chi connectivity index (χ0) is 19.8. The SMILES string of the molecule is C=C(C)C(=O)OCCN(C)c1ccc(N=Nc2ccc([N+](=O)[O-])cc2)cc1. The first-order chi connectivity index (χ1) is 12.9. The van der Waals surface area contributed by atoms with E-state index in [1.165, 1.54) is 24.3 Å². The van der Waals surface area contributed by atoms with Crippen molar-refractivity contribution in [2.75, 3.05) is 25.1 Å². The molecule has 0 aromatic heterocycles. The fraction of sp³-hybridized carbons (Fsp3) is 0.211. The molecule has 2 aromatic carbocycles. The normalized spacial score (nSPS) is 10.6. The monoisotopic (exact) mass is 368 g/mol. The summed E-state index contributed by atoms with van der Waals surface area (Å²) >= 11 is 0. The number of ether oxygens (including phenoxy) is 1. The Labute approximate surface area is 156 Å². The minimum Gasteiger partial charge on any atom is -0.460 e. The van der Waals surface area contributed by atoms with Crippen molar-refractivity contribution < 1.29 is 14.5 Å². The molecule has 0 atom stereocenters. The second kappa shape index (κ2) is 9.23. The molecule has 8 heteroatoms. The number of nitro groups is 1. The van der Waals surface area contributed by atoms with Gasteiger partial charge in [0.25, 0.3) is 5.69 Å². The molecule has 0 aliphatic rings. The van der Waals surface area contributed by atoms with E-state index in [9.17, 15) is 14.9 Å². The van der Waals surface area contributed by atoms with E-state index in [0.717, 1.165) is 5.69 Å². The van der Waals surface area contributed by atoms with Crippen molar-refractivity contribution in [3.8, 4) is 0 Å². The van der Waals surface area contributed by atoms with Gasteiger partial charge in [-0.05, 0) is 43.3 Å². The summed E-state index contributed by atoms with van der Waals surface area (Å²) in [7, 11) is 1.89. The third-order valence-corrected chi connectivity index (χ3v) is 3.64. The van der Waals surface area contributed by atoms with Gasteiger partial charge in [0.2, 0.25) is 0 Å². The molecule has 0 fully saturated rings. The molecule has 0 N–H and O–H groups in total. The Morgan fingerprint density at radius 2 is 1.63 bits per heavy atom. The number of carbonyl (C=O) groups is 1. The molecule has 0 saturated carbocycles. The molecule has 0 aliphatic carbocycles. The summed E-state index contributed by atoms with van der Waals surface area (Å²) in [6, 6.07) is 13.2. The lowest BCUT2D eigenvalue weighted by atomic mass is 10.2. The van der Waals surface area contributed by atoms with Crippen molar-refractivity contribution in [1.29, 1.82) is 0 Å². The number of hydrogen-bond acceptors (Lipinski definition) is 7. The van der Waals surface area contributed by atoms with Crippen LogP contribution in [0.15, 0.2) is 70.9 Å². The van der Waals surface area contributed by atoms with Gasteiger partial charge in [0.1, 0.15) is 6.61 Å². The molecular weight excluding hydrogens is 348 g/mol. The Morgan fingerprint density at radius 3 is 2.11 bits per heavy atom. The number of esters is 1. The van der Waals surface area contributed by atoms with Gasteiger partial charge in [0.05, 0.1) is 22.8 Å². The second-order valence-corrected chi connectivity index (χ2v) is 5.83. The van der Waals surface area contributed by atoms with Gasteiger partial charge in [0.15, 0.2) is 0 Å². The van der Waals surface area contributed by atoms with Crippen molar-refractivity contribution in [3.05, 3.63) is 70.8 Å². The smallest absolute Gasteiger partial charge is 0.333 e. The maximum absolute atomic E-state index is 11.3. The Balaban J connectivity index is 1.91. The van der Waals surface area contributed by atoms with Crippen LogP contribution in [-0.2, 0) is 9.53 Å². The van der Waals surface area contributed by atoms with Crippen LogP contribution in [0.25, 0.3) is 0 Å². The maximum atomic E-state index is 11.3. The largest absolute Gasteiger partial charge is 0.460 e. The Hall–Kier alpha value is -3.55. The number of carbonyl (C=O) groups excluding carboxylic acids is 1. The maximum Gasteiger partial charge on any atom is 0.333 e. The van der Waals surface area contributed by atoms with E-state index in [1.807, 2.05) is 24.1 Å². The van der Waals surface area contributed by atoms with Crippen LogP contribution in [0.5, 0.6) is 0 Å². The molecule has 0 aliphatic heterocycles. The van der Waals surface area contributed by atoms with Crippen molar-refractivity contribution >= 4 is 28.7 Å².